The second kappa shape index (κ2) is 2.60. The van der Waals surface area contributed by atoms with Crippen molar-refractivity contribution in [1.29, 1.82) is 0 Å². The number of rotatable bonds is 0. The highest BCUT2D eigenvalue weighted by molar-refractivity contribution is 6.09. The van der Waals surface area contributed by atoms with Crippen LogP contribution in [-0.2, 0) is 9.59 Å². The first-order valence-corrected chi connectivity index (χ1v) is 5.31. The van der Waals surface area contributed by atoms with Crippen LogP contribution in [0, 0.1) is 23.2 Å². The molecule has 2 amide bonds. The van der Waals surface area contributed by atoms with Crippen molar-refractivity contribution in [2.75, 3.05) is 0 Å². The Morgan fingerprint density at radius 3 is 2.50 bits per heavy atom. The molecule has 1 saturated heterocycles. The average molecular weight is 233 g/mol. The van der Waals surface area contributed by atoms with Gasteiger partial charge in [0.05, 0.1) is 5.92 Å². The van der Waals surface area contributed by atoms with Gasteiger partial charge in [-0.1, -0.05) is 0 Å². The number of fused-ring (bicyclic) bond motifs is 5. The van der Waals surface area contributed by atoms with E-state index in [1.807, 2.05) is 5.32 Å². The fraction of sp³-hybridized carbons (Fsp3) is 0.800. The van der Waals surface area contributed by atoms with Crippen molar-refractivity contribution in [1.82, 2.24) is 5.32 Å². The smallest absolute Gasteiger partial charge is 0.295 e. The number of alkyl halides is 3. The molecule has 3 rings (SSSR count). The molecule has 2 bridgehead atoms. The van der Waals surface area contributed by atoms with E-state index in [9.17, 15) is 22.8 Å². The lowest BCUT2D eigenvalue weighted by atomic mass is 9.67. The standard InChI is InChI=1S/C10H10F3NO2/c11-10(12,13)9-5-2-1-4(3-5)6(9)7(15)14-8(9)16/h4-6H,1-3H2,(H,14,15,16). The monoisotopic (exact) mass is 233 g/mol. The Balaban J connectivity index is 2.18. The normalized spacial score (nSPS) is 46.1. The molecule has 2 saturated carbocycles. The molecule has 0 aromatic heterocycles. The number of nitrogens with one attached hydrogen (secondary N) is 1. The molecule has 4 atom stereocenters. The number of amides is 2. The van der Waals surface area contributed by atoms with Gasteiger partial charge in [0.1, 0.15) is 0 Å². The Morgan fingerprint density at radius 2 is 1.94 bits per heavy atom. The summed E-state index contributed by atoms with van der Waals surface area (Å²) in [6.07, 6.45) is -3.22. The predicted octanol–water partition coefficient (Wildman–Crippen LogP) is 1.24. The van der Waals surface area contributed by atoms with Crippen molar-refractivity contribution >= 4 is 11.8 Å². The molecule has 0 aromatic carbocycles. The highest BCUT2D eigenvalue weighted by Gasteiger charge is 2.79. The van der Waals surface area contributed by atoms with Crippen LogP contribution >= 0.6 is 0 Å². The van der Waals surface area contributed by atoms with Gasteiger partial charge < -0.3 is 0 Å². The van der Waals surface area contributed by atoms with Crippen molar-refractivity contribution in [3.05, 3.63) is 0 Å². The lowest BCUT2D eigenvalue weighted by Gasteiger charge is -2.36. The summed E-state index contributed by atoms with van der Waals surface area (Å²) in [5.41, 5.74) is -2.41. The minimum absolute atomic E-state index is 0.266. The van der Waals surface area contributed by atoms with Gasteiger partial charge >= 0.3 is 6.18 Å². The first-order valence-electron chi connectivity index (χ1n) is 5.31. The first-order chi connectivity index (χ1) is 7.39. The van der Waals surface area contributed by atoms with Crippen LogP contribution in [0.15, 0.2) is 0 Å². The third-order valence-electron chi connectivity index (χ3n) is 4.44. The topological polar surface area (TPSA) is 46.2 Å². The number of hydrogen-bond donors (Lipinski definition) is 1. The van der Waals surface area contributed by atoms with Crippen LogP contribution in [0.1, 0.15) is 19.3 Å². The molecular weight excluding hydrogens is 223 g/mol. The highest BCUT2D eigenvalue weighted by Crippen LogP contribution is 2.67. The van der Waals surface area contributed by atoms with E-state index in [1.54, 1.807) is 0 Å². The van der Waals surface area contributed by atoms with Gasteiger partial charge in [-0.15, -0.1) is 0 Å². The van der Waals surface area contributed by atoms with E-state index in [0.29, 0.717) is 19.3 Å². The van der Waals surface area contributed by atoms with Crippen molar-refractivity contribution in [3.63, 3.8) is 0 Å². The van der Waals surface area contributed by atoms with E-state index in [1.165, 1.54) is 0 Å². The lowest BCUT2D eigenvalue weighted by Crippen LogP contribution is -2.51. The second-order valence-electron chi connectivity index (χ2n) is 4.93. The molecular formula is C10H10F3NO2. The van der Waals surface area contributed by atoms with Gasteiger partial charge in [-0.3, -0.25) is 14.9 Å². The van der Waals surface area contributed by atoms with Crippen molar-refractivity contribution in [2.24, 2.45) is 23.2 Å². The molecule has 16 heavy (non-hydrogen) atoms. The third kappa shape index (κ3) is 0.836. The largest absolute Gasteiger partial charge is 0.404 e. The van der Waals surface area contributed by atoms with Gasteiger partial charge in [0.2, 0.25) is 11.8 Å². The Morgan fingerprint density at radius 1 is 1.25 bits per heavy atom. The summed E-state index contributed by atoms with van der Waals surface area (Å²) in [5.74, 6) is -3.98. The zero-order valence-corrected chi connectivity index (χ0v) is 8.30. The molecule has 1 heterocycles. The number of carbonyl (C=O) groups excluding carboxylic acids is 2. The van der Waals surface area contributed by atoms with Crippen LogP contribution in [0.2, 0.25) is 0 Å². The predicted molar refractivity (Wildman–Crippen MR) is 46.0 cm³/mol. The number of halogens is 3. The Kier molecular flexibility index (Phi) is 1.64. The van der Waals surface area contributed by atoms with Gasteiger partial charge in [-0.25, -0.2) is 0 Å². The fourth-order valence-electron chi connectivity index (χ4n) is 3.94. The fourth-order valence-corrected chi connectivity index (χ4v) is 3.94. The number of hydrogen-bond acceptors (Lipinski definition) is 2. The number of imide groups is 1. The molecule has 3 fully saturated rings. The Bertz CT molecular complexity index is 392. The number of carbonyl (C=O) groups is 2. The molecule has 3 nitrogen and oxygen atoms in total. The highest BCUT2D eigenvalue weighted by atomic mass is 19.4. The zero-order valence-electron chi connectivity index (χ0n) is 8.30. The molecule has 0 spiro atoms. The molecule has 88 valence electrons. The minimum Gasteiger partial charge on any atom is -0.295 e. The summed E-state index contributed by atoms with van der Waals surface area (Å²) in [6.45, 7) is 0. The van der Waals surface area contributed by atoms with E-state index in [0.717, 1.165) is 0 Å². The van der Waals surface area contributed by atoms with Crippen molar-refractivity contribution in [3.8, 4) is 0 Å². The van der Waals surface area contributed by atoms with E-state index in [4.69, 9.17) is 0 Å². The summed E-state index contributed by atoms with van der Waals surface area (Å²) in [5, 5.41) is 1.87. The van der Waals surface area contributed by atoms with Gasteiger partial charge in [-0.2, -0.15) is 13.2 Å². The molecule has 3 aliphatic rings. The second-order valence-corrected chi connectivity index (χ2v) is 4.93. The van der Waals surface area contributed by atoms with Crippen LogP contribution < -0.4 is 5.32 Å². The van der Waals surface area contributed by atoms with Crippen molar-refractivity contribution < 1.29 is 22.8 Å². The van der Waals surface area contributed by atoms with Gasteiger partial charge in [0, 0.05) is 0 Å². The summed E-state index contributed by atoms with van der Waals surface area (Å²) in [6, 6.07) is 0. The lowest BCUT2D eigenvalue weighted by molar-refractivity contribution is -0.241. The molecule has 1 aliphatic heterocycles. The minimum atomic E-state index is -4.62. The van der Waals surface area contributed by atoms with Crippen LogP contribution in [-0.4, -0.2) is 18.0 Å². The summed E-state index contributed by atoms with van der Waals surface area (Å²) in [4.78, 5) is 23.0. The maximum atomic E-state index is 13.2. The average Bonchev–Trinajstić information content (AvgIpc) is 2.76. The maximum absolute atomic E-state index is 13.2. The first kappa shape index (κ1) is 10.1. The summed E-state index contributed by atoms with van der Waals surface area (Å²) >= 11 is 0. The third-order valence-corrected chi connectivity index (χ3v) is 4.44. The van der Waals surface area contributed by atoms with E-state index in [2.05, 4.69) is 0 Å². The van der Waals surface area contributed by atoms with E-state index < -0.39 is 35.2 Å². The van der Waals surface area contributed by atoms with Crippen LogP contribution in [0.4, 0.5) is 13.2 Å². The van der Waals surface area contributed by atoms with Crippen LogP contribution in [0.3, 0.4) is 0 Å². The quantitative estimate of drug-likeness (QED) is 0.640. The molecule has 4 unspecified atom stereocenters. The summed E-state index contributed by atoms with van der Waals surface area (Å²) < 4.78 is 39.5. The van der Waals surface area contributed by atoms with Gasteiger partial charge in [0.25, 0.3) is 0 Å². The van der Waals surface area contributed by atoms with E-state index >= 15 is 0 Å². The molecule has 6 heteroatoms. The van der Waals surface area contributed by atoms with Gasteiger partial charge in [-0.05, 0) is 31.1 Å². The van der Waals surface area contributed by atoms with Gasteiger partial charge in [0.15, 0.2) is 5.41 Å². The Labute approximate surface area is 89.4 Å². The molecule has 0 radical (unpaired) electrons. The maximum Gasteiger partial charge on any atom is 0.404 e. The van der Waals surface area contributed by atoms with Crippen molar-refractivity contribution in [2.45, 2.75) is 25.4 Å². The molecule has 1 N–H and O–H groups in total. The van der Waals surface area contributed by atoms with Crippen LogP contribution in [0.5, 0.6) is 0 Å². The SMILES string of the molecule is O=C1NC(=O)C2(C(F)(F)F)C3CCC(C3)C12. The summed E-state index contributed by atoms with van der Waals surface area (Å²) in [7, 11) is 0. The van der Waals surface area contributed by atoms with E-state index in [-0.39, 0.29) is 5.92 Å². The molecule has 2 aliphatic carbocycles. The zero-order chi connectivity index (χ0) is 11.7. The Hall–Kier alpha value is -1.07. The molecule has 0 aromatic rings. The van der Waals surface area contributed by atoms with Crippen LogP contribution in [0.25, 0.3) is 0 Å².